The number of aromatic nitrogens is 1. The number of pyridine rings is 1. The number of nitrogens with zero attached hydrogens (tertiary/aromatic N) is 3. The number of amides is 2. The minimum Gasteiger partial charge on any atom is -0.363 e. The summed E-state index contributed by atoms with van der Waals surface area (Å²) in [5.74, 6) is 2.19. The zero-order chi connectivity index (χ0) is 18.4. The highest BCUT2D eigenvalue weighted by Gasteiger charge is 2.25. The first-order chi connectivity index (χ1) is 11.9. The van der Waals surface area contributed by atoms with E-state index in [2.05, 4.69) is 41.3 Å². The number of urea groups is 1. The van der Waals surface area contributed by atoms with Crippen LogP contribution in [0, 0.1) is 11.8 Å². The van der Waals surface area contributed by atoms with Crippen LogP contribution in [0.5, 0.6) is 0 Å². The van der Waals surface area contributed by atoms with Crippen molar-refractivity contribution < 1.29 is 4.79 Å². The number of piperidine rings is 1. The Balaban J connectivity index is 1.84. The van der Waals surface area contributed by atoms with Crippen molar-refractivity contribution in [2.24, 2.45) is 11.8 Å². The third-order valence-electron chi connectivity index (χ3n) is 4.99. The van der Waals surface area contributed by atoms with E-state index in [1.807, 2.05) is 31.1 Å². The Bertz CT molecular complexity index is 535. The number of carbonyl (C=O) groups excluding carboxylic acids is 1. The molecule has 0 aromatic carbocycles. The van der Waals surface area contributed by atoms with Gasteiger partial charge in [0.15, 0.2) is 0 Å². The molecular formula is C19H33N5O. The number of hydrogen-bond donors (Lipinski definition) is 2. The lowest BCUT2D eigenvalue weighted by molar-refractivity contribution is 0.108. The molecule has 2 heterocycles. The van der Waals surface area contributed by atoms with Gasteiger partial charge in [-0.2, -0.15) is 0 Å². The van der Waals surface area contributed by atoms with Gasteiger partial charge in [0.1, 0.15) is 5.82 Å². The summed E-state index contributed by atoms with van der Waals surface area (Å²) in [5.41, 5.74) is 0.705. The molecule has 25 heavy (non-hydrogen) atoms. The highest BCUT2D eigenvalue weighted by atomic mass is 16.2. The summed E-state index contributed by atoms with van der Waals surface area (Å²) in [6.07, 6.45) is 4.18. The van der Waals surface area contributed by atoms with E-state index >= 15 is 0 Å². The Morgan fingerprint density at radius 2 is 2.00 bits per heavy atom. The van der Waals surface area contributed by atoms with Crippen LogP contribution in [0.4, 0.5) is 16.3 Å². The zero-order valence-electron chi connectivity index (χ0n) is 16.2. The van der Waals surface area contributed by atoms with Crippen LogP contribution >= 0.6 is 0 Å². The minimum atomic E-state index is -0.171. The van der Waals surface area contributed by atoms with Crippen LogP contribution in [0.1, 0.15) is 33.6 Å². The highest BCUT2D eigenvalue weighted by Crippen LogP contribution is 2.21. The molecule has 0 bridgehead atoms. The van der Waals surface area contributed by atoms with Crippen LogP contribution in [0.3, 0.4) is 0 Å². The SMILES string of the molecule is CC1CCN([C@@H](CNC(=O)Nc2ccc(N(C)C)nc2)C(C)C)CC1. The number of likely N-dealkylation sites (tertiary alicyclic amines) is 1. The fraction of sp³-hybridized carbons (Fsp3) is 0.684. The van der Waals surface area contributed by atoms with Gasteiger partial charge in [-0.25, -0.2) is 9.78 Å². The maximum atomic E-state index is 12.2. The topological polar surface area (TPSA) is 60.5 Å². The Hall–Kier alpha value is -1.82. The molecule has 2 amide bonds. The molecule has 2 N–H and O–H groups in total. The first kappa shape index (κ1) is 19.5. The molecular weight excluding hydrogens is 314 g/mol. The van der Waals surface area contributed by atoms with Gasteiger partial charge in [-0.05, 0) is 49.9 Å². The van der Waals surface area contributed by atoms with Crippen molar-refractivity contribution in [3.05, 3.63) is 18.3 Å². The Labute approximate surface area is 152 Å². The molecule has 140 valence electrons. The van der Waals surface area contributed by atoms with Gasteiger partial charge in [0.2, 0.25) is 0 Å². The summed E-state index contributed by atoms with van der Waals surface area (Å²) >= 11 is 0. The van der Waals surface area contributed by atoms with E-state index in [9.17, 15) is 4.79 Å². The predicted molar refractivity (Wildman–Crippen MR) is 104 cm³/mol. The average molecular weight is 348 g/mol. The van der Waals surface area contributed by atoms with E-state index in [-0.39, 0.29) is 6.03 Å². The van der Waals surface area contributed by atoms with Crippen molar-refractivity contribution in [2.45, 2.75) is 39.7 Å². The monoisotopic (exact) mass is 347 g/mol. The molecule has 6 heteroatoms. The van der Waals surface area contributed by atoms with Crippen LogP contribution < -0.4 is 15.5 Å². The number of rotatable bonds is 6. The van der Waals surface area contributed by atoms with Crippen LogP contribution in [0.15, 0.2) is 18.3 Å². The molecule has 0 spiro atoms. The van der Waals surface area contributed by atoms with E-state index in [0.29, 0.717) is 24.2 Å². The first-order valence-corrected chi connectivity index (χ1v) is 9.29. The Morgan fingerprint density at radius 1 is 1.32 bits per heavy atom. The third kappa shape index (κ3) is 5.88. The van der Waals surface area contributed by atoms with Crippen LogP contribution in [0.25, 0.3) is 0 Å². The van der Waals surface area contributed by atoms with E-state index in [4.69, 9.17) is 0 Å². The predicted octanol–water partition coefficient (Wildman–Crippen LogP) is 3.03. The second-order valence-electron chi connectivity index (χ2n) is 7.66. The summed E-state index contributed by atoms with van der Waals surface area (Å²) in [5, 5.41) is 5.89. The van der Waals surface area contributed by atoms with Gasteiger partial charge in [-0.15, -0.1) is 0 Å². The number of carbonyl (C=O) groups is 1. The lowest BCUT2D eigenvalue weighted by Crippen LogP contribution is -2.50. The fourth-order valence-electron chi connectivity index (χ4n) is 3.24. The van der Waals surface area contributed by atoms with Crippen molar-refractivity contribution in [2.75, 3.05) is 43.9 Å². The van der Waals surface area contributed by atoms with E-state index in [0.717, 1.165) is 24.8 Å². The van der Waals surface area contributed by atoms with Crippen molar-refractivity contribution in [3.63, 3.8) is 0 Å². The van der Waals surface area contributed by atoms with Gasteiger partial charge < -0.3 is 15.5 Å². The summed E-state index contributed by atoms with van der Waals surface area (Å²) in [6.45, 7) is 9.70. The highest BCUT2D eigenvalue weighted by molar-refractivity contribution is 5.89. The lowest BCUT2D eigenvalue weighted by atomic mass is 9.94. The molecule has 1 aliphatic rings. The van der Waals surface area contributed by atoms with Crippen molar-refractivity contribution in [1.82, 2.24) is 15.2 Å². The van der Waals surface area contributed by atoms with Gasteiger partial charge in [-0.3, -0.25) is 4.90 Å². The molecule has 0 aliphatic carbocycles. The Kier molecular flexibility index (Phi) is 7.05. The third-order valence-corrected chi connectivity index (χ3v) is 4.99. The summed E-state index contributed by atoms with van der Waals surface area (Å²) in [4.78, 5) is 21.0. The number of nitrogens with one attached hydrogen (secondary N) is 2. The zero-order valence-corrected chi connectivity index (χ0v) is 16.2. The number of hydrogen-bond acceptors (Lipinski definition) is 4. The molecule has 1 fully saturated rings. The van der Waals surface area contributed by atoms with Gasteiger partial charge in [-0.1, -0.05) is 20.8 Å². The van der Waals surface area contributed by atoms with Crippen molar-refractivity contribution in [1.29, 1.82) is 0 Å². The van der Waals surface area contributed by atoms with E-state index in [1.54, 1.807) is 6.20 Å². The first-order valence-electron chi connectivity index (χ1n) is 9.29. The molecule has 1 aromatic rings. The molecule has 1 aliphatic heterocycles. The smallest absolute Gasteiger partial charge is 0.319 e. The minimum absolute atomic E-state index is 0.171. The molecule has 1 saturated heterocycles. The lowest BCUT2D eigenvalue weighted by Gasteiger charge is -2.38. The number of anilines is 2. The summed E-state index contributed by atoms with van der Waals surface area (Å²) in [6, 6.07) is 3.97. The van der Waals surface area contributed by atoms with Gasteiger partial charge in [0, 0.05) is 26.7 Å². The van der Waals surface area contributed by atoms with E-state index < -0.39 is 0 Å². The average Bonchev–Trinajstić information content (AvgIpc) is 2.57. The molecule has 0 unspecified atom stereocenters. The van der Waals surface area contributed by atoms with Crippen molar-refractivity contribution >= 4 is 17.5 Å². The second-order valence-corrected chi connectivity index (χ2v) is 7.66. The standard InChI is InChI=1S/C19H33N5O/c1-14(2)17(24-10-8-15(3)9-11-24)13-21-19(25)22-16-6-7-18(20-12-16)23(4)5/h6-7,12,14-15,17H,8-11,13H2,1-5H3,(H2,21,22,25)/t17-/m0/s1. The van der Waals surface area contributed by atoms with Crippen molar-refractivity contribution in [3.8, 4) is 0 Å². The molecule has 1 atom stereocenters. The summed E-state index contributed by atoms with van der Waals surface area (Å²) < 4.78 is 0. The quantitative estimate of drug-likeness (QED) is 0.830. The molecule has 0 radical (unpaired) electrons. The van der Waals surface area contributed by atoms with Crippen LogP contribution in [-0.4, -0.2) is 55.7 Å². The Morgan fingerprint density at radius 3 is 2.52 bits per heavy atom. The van der Waals surface area contributed by atoms with Crippen LogP contribution in [0.2, 0.25) is 0 Å². The van der Waals surface area contributed by atoms with E-state index in [1.165, 1.54) is 12.8 Å². The molecule has 2 rings (SSSR count). The second kappa shape index (κ2) is 9.04. The molecule has 6 nitrogen and oxygen atoms in total. The van der Waals surface area contributed by atoms with Gasteiger partial charge in [0.05, 0.1) is 11.9 Å². The normalized spacial score (nSPS) is 17.4. The largest absolute Gasteiger partial charge is 0.363 e. The summed E-state index contributed by atoms with van der Waals surface area (Å²) in [7, 11) is 3.88. The van der Waals surface area contributed by atoms with Crippen LogP contribution in [-0.2, 0) is 0 Å². The molecule has 1 aromatic heterocycles. The molecule has 0 saturated carbocycles. The fourth-order valence-corrected chi connectivity index (χ4v) is 3.24. The maximum absolute atomic E-state index is 12.2. The maximum Gasteiger partial charge on any atom is 0.319 e. The van der Waals surface area contributed by atoms with Gasteiger partial charge >= 0.3 is 6.03 Å². The van der Waals surface area contributed by atoms with Gasteiger partial charge in [0.25, 0.3) is 0 Å².